The van der Waals surface area contributed by atoms with E-state index < -0.39 is 35.5 Å². The summed E-state index contributed by atoms with van der Waals surface area (Å²) in [4.78, 5) is 52.3. The van der Waals surface area contributed by atoms with Crippen LogP contribution in [0.3, 0.4) is 0 Å². The fourth-order valence-electron chi connectivity index (χ4n) is 3.93. The zero-order valence-corrected chi connectivity index (χ0v) is 22.0. The molecule has 0 saturated carbocycles. The SMILES string of the molecule is Cc1c(NC(=O)[C@@H](C)OC(=O)[C@H](Cc2ccccc2)NC(=O)c2cccs2)c(=O)n(-c2ccccc2)n1C. The van der Waals surface area contributed by atoms with Gasteiger partial charge < -0.3 is 15.4 Å². The number of nitrogens with zero attached hydrogens (tertiary/aromatic N) is 2. The van der Waals surface area contributed by atoms with Gasteiger partial charge in [0.1, 0.15) is 11.7 Å². The maximum atomic E-state index is 13.1. The van der Waals surface area contributed by atoms with Gasteiger partial charge in [0.15, 0.2) is 6.10 Å². The van der Waals surface area contributed by atoms with E-state index in [1.807, 2.05) is 48.5 Å². The molecule has 0 spiro atoms. The molecule has 0 unspecified atom stereocenters. The Kier molecular flexibility index (Phi) is 8.22. The molecule has 4 rings (SSSR count). The standard InChI is InChI=1S/C28H28N4O5S/c1-18-24(27(35)32(31(18)3)21-13-8-5-9-14-21)30-25(33)19(2)37-28(36)22(17-20-11-6-4-7-12-20)29-26(34)23-15-10-16-38-23/h4-16,19,22H,17H2,1-3H3,(H,29,34)(H,30,33)/t19-,22+/m1/s1. The summed E-state index contributed by atoms with van der Waals surface area (Å²) in [7, 11) is 1.72. The lowest BCUT2D eigenvalue weighted by molar-refractivity contribution is -0.155. The molecular weight excluding hydrogens is 504 g/mol. The van der Waals surface area contributed by atoms with Gasteiger partial charge in [-0.25, -0.2) is 9.48 Å². The van der Waals surface area contributed by atoms with Crippen LogP contribution in [0.15, 0.2) is 83.0 Å². The maximum Gasteiger partial charge on any atom is 0.329 e. The minimum atomic E-state index is -1.22. The van der Waals surface area contributed by atoms with E-state index in [2.05, 4.69) is 10.6 Å². The van der Waals surface area contributed by atoms with Crippen molar-refractivity contribution < 1.29 is 19.1 Å². The Morgan fingerprint density at radius 2 is 1.63 bits per heavy atom. The Bertz CT molecular complexity index is 1480. The number of amides is 2. The third-order valence-electron chi connectivity index (χ3n) is 6.08. The number of ether oxygens (including phenoxy) is 1. The van der Waals surface area contributed by atoms with Gasteiger partial charge in [0, 0.05) is 13.5 Å². The van der Waals surface area contributed by atoms with Crippen LogP contribution in [0, 0.1) is 6.92 Å². The zero-order valence-electron chi connectivity index (χ0n) is 21.2. The summed E-state index contributed by atoms with van der Waals surface area (Å²) < 4.78 is 8.54. The predicted octanol–water partition coefficient (Wildman–Crippen LogP) is 3.46. The summed E-state index contributed by atoms with van der Waals surface area (Å²) in [5, 5.41) is 7.09. The molecule has 0 aliphatic heterocycles. The van der Waals surface area contributed by atoms with Crippen molar-refractivity contribution in [2.24, 2.45) is 7.05 Å². The van der Waals surface area contributed by atoms with Gasteiger partial charge >= 0.3 is 5.97 Å². The van der Waals surface area contributed by atoms with E-state index in [0.29, 0.717) is 16.3 Å². The minimum absolute atomic E-state index is 0.0936. The lowest BCUT2D eigenvalue weighted by Crippen LogP contribution is -2.45. The number of carbonyl (C=O) groups excluding carboxylic acids is 3. The zero-order chi connectivity index (χ0) is 27.2. The van der Waals surface area contributed by atoms with Crippen molar-refractivity contribution in [3.63, 3.8) is 0 Å². The van der Waals surface area contributed by atoms with Crippen LogP contribution in [0.25, 0.3) is 5.69 Å². The number of hydrogen-bond donors (Lipinski definition) is 2. The topological polar surface area (TPSA) is 111 Å². The molecule has 38 heavy (non-hydrogen) atoms. The highest BCUT2D eigenvalue weighted by Crippen LogP contribution is 2.15. The van der Waals surface area contributed by atoms with Gasteiger partial charge in [-0.3, -0.25) is 19.1 Å². The van der Waals surface area contributed by atoms with E-state index in [1.54, 1.807) is 48.3 Å². The first kappa shape index (κ1) is 26.6. The maximum absolute atomic E-state index is 13.1. The fraction of sp³-hybridized carbons (Fsp3) is 0.214. The second kappa shape index (κ2) is 11.7. The van der Waals surface area contributed by atoms with E-state index in [0.717, 1.165) is 5.56 Å². The van der Waals surface area contributed by atoms with Crippen LogP contribution in [-0.2, 0) is 27.8 Å². The Hall–Kier alpha value is -4.44. The number of nitrogens with one attached hydrogen (secondary N) is 2. The van der Waals surface area contributed by atoms with E-state index in [1.165, 1.54) is 22.9 Å². The second-order valence-corrected chi connectivity index (χ2v) is 9.65. The number of para-hydroxylation sites is 1. The van der Waals surface area contributed by atoms with Crippen LogP contribution in [-0.4, -0.2) is 39.3 Å². The average Bonchev–Trinajstić information content (AvgIpc) is 3.53. The van der Waals surface area contributed by atoms with E-state index in [4.69, 9.17) is 4.74 Å². The molecule has 10 heteroatoms. The molecule has 2 N–H and O–H groups in total. The number of thiophene rings is 1. The molecule has 0 bridgehead atoms. The van der Waals surface area contributed by atoms with Gasteiger partial charge in [-0.05, 0) is 43.0 Å². The summed E-state index contributed by atoms with van der Waals surface area (Å²) in [6.07, 6.45) is -1.03. The van der Waals surface area contributed by atoms with Crippen molar-refractivity contribution in [2.75, 3.05) is 5.32 Å². The Morgan fingerprint density at radius 1 is 0.974 bits per heavy atom. The largest absolute Gasteiger partial charge is 0.451 e. The van der Waals surface area contributed by atoms with Gasteiger partial charge in [0.25, 0.3) is 17.4 Å². The summed E-state index contributed by atoms with van der Waals surface area (Å²) in [5.41, 5.74) is 1.69. The van der Waals surface area contributed by atoms with Crippen LogP contribution in [0.5, 0.6) is 0 Å². The lowest BCUT2D eigenvalue weighted by Gasteiger charge is -2.20. The van der Waals surface area contributed by atoms with Gasteiger partial charge in [-0.2, -0.15) is 0 Å². The smallest absolute Gasteiger partial charge is 0.329 e. The van der Waals surface area contributed by atoms with Crippen LogP contribution in [0.4, 0.5) is 5.69 Å². The van der Waals surface area contributed by atoms with Crippen LogP contribution >= 0.6 is 11.3 Å². The quantitative estimate of drug-likeness (QED) is 0.321. The Labute approximate surface area is 223 Å². The Balaban J connectivity index is 1.48. The van der Waals surface area contributed by atoms with Crippen LogP contribution < -0.4 is 16.2 Å². The minimum Gasteiger partial charge on any atom is -0.451 e. The molecule has 2 amide bonds. The fourth-order valence-corrected chi connectivity index (χ4v) is 4.55. The second-order valence-electron chi connectivity index (χ2n) is 8.70. The highest BCUT2D eigenvalue weighted by molar-refractivity contribution is 7.12. The molecular formula is C28H28N4O5S. The monoisotopic (exact) mass is 532 g/mol. The van der Waals surface area contributed by atoms with Crippen LogP contribution in [0.2, 0.25) is 0 Å². The molecule has 196 valence electrons. The number of hydrogen-bond acceptors (Lipinski definition) is 6. The first-order valence-electron chi connectivity index (χ1n) is 12.0. The molecule has 0 aliphatic carbocycles. The molecule has 0 aliphatic rings. The number of benzene rings is 2. The third kappa shape index (κ3) is 5.92. The van der Waals surface area contributed by atoms with Gasteiger partial charge in [-0.1, -0.05) is 54.6 Å². The molecule has 9 nitrogen and oxygen atoms in total. The molecule has 0 radical (unpaired) electrons. The van der Waals surface area contributed by atoms with E-state index >= 15 is 0 Å². The molecule has 0 fully saturated rings. The molecule has 2 heterocycles. The van der Waals surface area contributed by atoms with Crippen molar-refractivity contribution in [1.29, 1.82) is 0 Å². The Morgan fingerprint density at radius 3 is 2.26 bits per heavy atom. The van der Waals surface area contributed by atoms with Gasteiger partial charge in [0.2, 0.25) is 0 Å². The number of anilines is 1. The third-order valence-corrected chi connectivity index (χ3v) is 6.95. The number of rotatable bonds is 9. The first-order valence-corrected chi connectivity index (χ1v) is 12.9. The number of esters is 1. The van der Waals surface area contributed by atoms with Crippen molar-refractivity contribution in [3.8, 4) is 5.69 Å². The summed E-state index contributed by atoms with van der Waals surface area (Å²) in [5.74, 6) is -1.82. The van der Waals surface area contributed by atoms with Crippen molar-refractivity contribution in [1.82, 2.24) is 14.7 Å². The average molecular weight is 533 g/mol. The summed E-state index contributed by atoms with van der Waals surface area (Å²) in [6, 6.07) is 20.6. The van der Waals surface area contributed by atoms with E-state index in [-0.39, 0.29) is 12.1 Å². The van der Waals surface area contributed by atoms with Crippen molar-refractivity contribution >= 4 is 34.8 Å². The van der Waals surface area contributed by atoms with E-state index in [9.17, 15) is 19.2 Å². The molecule has 2 atom stereocenters. The predicted molar refractivity (Wildman–Crippen MR) is 146 cm³/mol. The van der Waals surface area contributed by atoms with Crippen molar-refractivity contribution in [2.45, 2.75) is 32.4 Å². The van der Waals surface area contributed by atoms with Crippen molar-refractivity contribution in [3.05, 3.63) is 105 Å². The lowest BCUT2D eigenvalue weighted by atomic mass is 10.1. The summed E-state index contributed by atoms with van der Waals surface area (Å²) >= 11 is 1.25. The number of aromatic nitrogens is 2. The molecule has 0 saturated heterocycles. The van der Waals surface area contributed by atoms with Crippen LogP contribution in [0.1, 0.15) is 27.9 Å². The summed E-state index contributed by atoms with van der Waals surface area (Å²) in [6.45, 7) is 3.13. The molecule has 4 aromatic rings. The molecule has 2 aromatic carbocycles. The highest BCUT2D eigenvalue weighted by Gasteiger charge is 2.28. The normalized spacial score (nSPS) is 12.4. The van der Waals surface area contributed by atoms with Gasteiger partial charge in [0.05, 0.1) is 16.3 Å². The first-order chi connectivity index (χ1) is 18.3. The highest BCUT2D eigenvalue weighted by atomic mass is 32.1. The number of carbonyl (C=O) groups is 3. The molecule has 2 aromatic heterocycles. The van der Waals surface area contributed by atoms with Gasteiger partial charge in [-0.15, -0.1) is 11.3 Å².